The second kappa shape index (κ2) is 3.57. The van der Waals surface area contributed by atoms with Crippen molar-refractivity contribution in [3.8, 4) is 0 Å². The molecule has 0 bridgehead atoms. The number of carbonyl (C=O) groups is 1. The fourth-order valence-corrected chi connectivity index (χ4v) is 1.53. The first-order valence-corrected chi connectivity index (χ1v) is 3.76. The van der Waals surface area contributed by atoms with Crippen molar-refractivity contribution in [2.45, 2.75) is 31.4 Å². The molecule has 4 heteroatoms. The van der Waals surface area contributed by atoms with Gasteiger partial charge in [-0.15, -0.1) is 0 Å². The molecule has 0 spiro atoms. The van der Waals surface area contributed by atoms with Crippen LogP contribution in [-0.2, 0) is 4.74 Å². The van der Waals surface area contributed by atoms with Crippen LogP contribution in [0.1, 0.15) is 19.3 Å². The normalized spacial score (nSPS) is 30.3. The molecule has 1 rings (SSSR count). The highest BCUT2D eigenvalue weighted by atomic mass is 16.5. The van der Waals surface area contributed by atoms with Crippen LogP contribution in [0.5, 0.6) is 0 Å². The summed E-state index contributed by atoms with van der Waals surface area (Å²) in [5.74, 6) is 0. The Balaban J connectivity index is 2.37. The van der Waals surface area contributed by atoms with Crippen LogP contribution in [0.25, 0.3) is 0 Å². The smallest absolute Gasteiger partial charge is 0.404 e. The van der Waals surface area contributed by atoms with Gasteiger partial charge in [0.1, 0.15) is 0 Å². The zero-order valence-corrected chi connectivity index (χ0v) is 6.54. The first-order valence-electron chi connectivity index (χ1n) is 3.76. The third kappa shape index (κ3) is 2.08. The van der Waals surface area contributed by atoms with Crippen molar-refractivity contribution >= 4 is 6.09 Å². The molecule has 0 aliphatic heterocycles. The summed E-state index contributed by atoms with van der Waals surface area (Å²) in [6.45, 7) is 0. The Kier molecular flexibility index (Phi) is 2.70. The third-order valence-electron chi connectivity index (χ3n) is 2.06. The van der Waals surface area contributed by atoms with Gasteiger partial charge in [0.05, 0.1) is 12.1 Å². The highest BCUT2D eigenvalue weighted by Crippen LogP contribution is 2.21. The zero-order valence-electron chi connectivity index (χ0n) is 6.54. The zero-order chi connectivity index (χ0) is 8.27. The van der Waals surface area contributed by atoms with Crippen LogP contribution in [0.2, 0.25) is 0 Å². The van der Waals surface area contributed by atoms with E-state index in [0.29, 0.717) is 0 Å². The lowest BCUT2D eigenvalue weighted by molar-refractivity contribution is 0.0837. The van der Waals surface area contributed by atoms with Crippen molar-refractivity contribution in [1.82, 2.24) is 5.32 Å². The van der Waals surface area contributed by atoms with E-state index in [1.54, 1.807) is 7.11 Å². The minimum Gasteiger partial charge on any atom is -0.465 e. The van der Waals surface area contributed by atoms with Gasteiger partial charge in [-0.2, -0.15) is 0 Å². The molecule has 0 unspecified atom stereocenters. The largest absolute Gasteiger partial charge is 0.465 e. The molecule has 0 heterocycles. The Labute approximate surface area is 65.5 Å². The fraction of sp³-hybridized carbons (Fsp3) is 0.857. The van der Waals surface area contributed by atoms with Crippen LogP contribution < -0.4 is 5.32 Å². The number of carboxylic acid groups (broad SMARTS) is 1. The van der Waals surface area contributed by atoms with Gasteiger partial charge in [-0.3, -0.25) is 0 Å². The maximum Gasteiger partial charge on any atom is 0.404 e. The highest BCUT2D eigenvalue weighted by molar-refractivity contribution is 5.65. The summed E-state index contributed by atoms with van der Waals surface area (Å²) >= 11 is 0. The van der Waals surface area contributed by atoms with Crippen molar-refractivity contribution in [1.29, 1.82) is 0 Å². The quantitative estimate of drug-likeness (QED) is 0.627. The Morgan fingerprint density at radius 3 is 2.91 bits per heavy atom. The van der Waals surface area contributed by atoms with Gasteiger partial charge in [0.2, 0.25) is 0 Å². The molecule has 1 amide bonds. The summed E-state index contributed by atoms with van der Waals surface area (Å²) in [6.07, 6.45) is 2.01. The molecule has 1 aliphatic rings. The van der Waals surface area contributed by atoms with E-state index in [0.717, 1.165) is 19.3 Å². The molecular weight excluding hydrogens is 146 g/mol. The summed E-state index contributed by atoms with van der Waals surface area (Å²) in [4.78, 5) is 10.3. The second-order valence-corrected chi connectivity index (χ2v) is 2.76. The van der Waals surface area contributed by atoms with Crippen molar-refractivity contribution in [3.05, 3.63) is 0 Å². The van der Waals surface area contributed by atoms with Gasteiger partial charge in [0.15, 0.2) is 0 Å². The summed E-state index contributed by atoms with van der Waals surface area (Å²) in [5, 5.41) is 10.9. The number of hydrogen-bond acceptors (Lipinski definition) is 2. The molecule has 4 nitrogen and oxygen atoms in total. The maximum atomic E-state index is 10.3. The van der Waals surface area contributed by atoms with E-state index in [-0.39, 0.29) is 12.1 Å². The molecular formula is C7H13NO3. The van der Waals surface area contributed by atoms with Crippen molar-refractivity contribution < 1.29 is 14.6 Å². The molecule has 1 saturated carbocycles. The van der Waals surface area contributed by atoms with Crippen molar-refractivity contribution in [3.63, 3.8) is 0 Å². The summed E-state index contributed by atoms with van der Waals surface area (Å²) in [5.41, 5.74) is 0. The van der Waals surface area contributed by atoms with Crippen LogP contribution in [0.3, 0.4) is 0 Å². The number of hydrogen-bond donors (Lipinski definition) is 2. The van der Waals surface area contributed by atoms with E-state index >= 15 is 0 Å². The number of rotatable bonds is 2. The van der Waals surface area contributed by atoms with Gasteiger partial charge in [-0.25, -0.2) is 4.79 Å². The Bertz CT molecular complexity index is 149. The van der Waals surface area contributed by atoms with Gasteiger partial charge >= 0.3 is 6.09 Å². The molecule has 2 N–H and O–H groups in total. The van der Waals surface area contributed by atoms with E-state index < -0.39 is 6.09 Å². The van der Waals surface area contributed by atoms with E-state index in [9.17, 15) is 4.79 Å². The minimum absolute atomic E-state index is 0.00231. The topological polar surface area (TPSA) is 58.6 Å². The number of ether oxygens (including phenoxy) is 1. The van der Waals surface area contributed by atoms with Crippen LogP contribution in [0.4, 0.5) is 4.79 Å². The SMILES string of the molecule is CO[C@H]1CCC[C@@H]1NC(=O)O. The van der Waals surface area contributed by atoms with E-state index in [1.165, 1.54) is 0 Å². The maximum absolute atomic E-state index is 10.3. The average molecular weight is 159 g/mol. The Morgan fingerprint density at radius 2 is 2.36 bits per heavy atom. The second-order valence-electron chi connectivity index (χ2n) is 2.76. The van der Waals surface area contributed by atoms with Gasteiger partial charge < -0.3 is 15.2 Å². The number of amides is 1. The van der Waals surface area contributed by atoms with Gasteiger partial charge in [-0.05, 0) is 19.3 Å². The predicted molar refractivity (Wildman–Crippen MR) is 39.6 cm³/mol. The van der Waals surface area contributed by atoms with E-state index in [1.807, 2.05) is 0 Å². The van der Waals surface area contributed by atoms with Crippen LogP contribution in [0.15, 0.2) is 0 Å². The lowest BCUT2D eigenvalue weighted by atomic mass is 10.2. The molecule has 0 aromatic rings. The van der Waals surface area contributed by atoms with Crippen LogP contribution >= 0.6 is 0 Å². The van der Waals surface area contributed by atoms with E-state index in [2.05, 4.69) is 5.32 Å². The molecule has 64 valence electrons. The first kappa shape index (κ1) is 8.33. The molecule has 0 saturated heterocycles. The number of methoxy groups -OCH3 is 1. The molecule has 11 heavy (non-hydrogen) atoms. The third-order valence-corrected chi connectivity index (χ3v) is 2.06. The van der Waals surface area contributed by atoms with Crippen molar-refractivity contribution in [2.24, 2.45) is 0 Å². The molecule has 2 atom stereocenters. The molecule has 0 aromatic heterocycles. The summed E-state index contributed by atoms with van der Waals surface area (Å²) < 4.78 is 5.10. The molecule has 1 aliphatic carbocycles. The monoisotopic (exact) mass is 159 g/mol. The van der Waals surface area contributed by atoms with E-state index in [4.69, 9.17) is 9.84 Å². The standard InChI is InChI=1S/C7H13NO3/c1-11-6-4-2-3-5(6)8-7(9)10/h5-6,8H,2-4H2,1H3,(H,9,10)/t5-,6-/m0/s1. The lowest BCUT2D eigenvalue weighted by Crippen LogP contribution is -2.39. The lowest BCUT2D eigenvalue weighted by Gasteiger charge is -2.17. The fourth-order valence-electron chi connectivity index (χ4n) is 1.53. The minimum atomic E-state index is -0.959. The van der Waals surface area contributed by atoms with Crippen molar-refractivity contribution in [2.75, 3.05) is 7.11 Å². The number of nitrogens with one attached hydrogen (secondary N) is 1. The first-order chi connectivity index (χ1) is 5.24. The summed E-state index contributed by atoms with van der Waals surface area (Å²) in [6, 6.07) is -0.00231. The molecule has 0 radical (unpaired) electrons. The Morgan fingerprint density at radius 1 is 1.64 bits per heavy atom. The molecule has 1 fully saturated rings. The van der Waals surface area contributed by atoms with Gasteiger partial charge in [0, 0.05) is 7.11 Å². The average Bonchev–Trinajstić information content (AvgIpc) is 2.34. The van der Waals surface area contributed by atoms with Crippen LogP contribution in [0, 0.1) is 0 Å². The van der Waals surface area contributed by atoms with Gasteiger partial charge in [-0.1, -0.05) is 0 Å². The Hall–Kier alpha value is -0.770. The summed E-state index contributed by atoms with van der Waals surface area (Å²) in [7, 11) is 1.62. The molecule has 0 aromatic carbocycles. The highest BCUT2D eigenvalue weighted by Gasteiger charge is 2.27. The van der Waals surface area contributed by atoms with Gasteiger partial charge in [0.25, 0.3) is 0 Å². The predicted octanol–water partition coefficient (Wildman–Crippen LogP) is 0.822. The van der Waals surface area contributed by atoms with Crippen LogP contribution in [-0.4, -0.2) is 30.5 Å².